The number of anilines is 4. The lowest BCUT2D eigenvalue weighted by molar-refractivity contribution is -0.127. The number of hydrazine groups is 1. The van der Waals surface area contributed by atoms with Gasteiger partial charge in [0.15, 0.2) is 0 Å². The number of hydrogen-bond donors (Lipinski definition) is 4. The van der Waals surface area contributed by atoms with E-state index in [9.17, 15) is 4.79 Å². The summed E-state index contributed by atoms with van der Waals surface area (Å²) in [7, 11) is 0. The highest BCUT2D eigenvalue weighted by Gasteiger charge is 2.28. The third kappa shape index (κ3) is 4.99. The molecule has 0 unspecified atom stereocenters. The Morgan fingerprint density at radius 3 is 2.66 bits per heavy atom. The topological polar surface area (TPSA) is 107 Å². The zero-order chi connectivity index (χ0) is 21.8. The Morgan fingerprint density at radius 1 is 1.12 bits per heavy atom. The minimum Gasteiger partial charge on any atom is -0.370 e. The maximum atomic E-state index is 12.0. The maximum Gasteiger partial charge on any atom is 0.229 e. The number of aromatic nitrogens is 2. The van der Waals surface area contributed by atoms with Crippen molar-refractivity contribution in [3.8, 4) is 0 Å². The number of carbonyl (C=O) groups excluding carboxylic acids is 1. The molecule has 3 aliphatic rings. The smallest absolute Gasteiger partial charge is 0.229 e. The Hall–Kier alpha value is -3.20. The molecule has 1 amide bonds. The predicted molar refractivity (Wildman–Crippen MR) is 126 cm³/mol. The van der Waals surface area contributed by atoms with Gasteiger partial charge in [0, 0.05) is 36.5 Å². The van der Waals surface area contributed by atoms with Crippen LogP contribution in [-0.2, 0) is 4.79 Å². The number of nitrogens with zero attached hydrogens (tertiary/aromatic N) is 4. The highest BCUT2D eigenvalue weighted by atomic mass is 16.1. The van der Waals surface area contributed by atoms with E-state index < -0.39 is 0 Å². The van der Waals surface area contributed by atoms with Crippen molar-refractivity contribution in [3.63, 3.8) is 0 Å². The van der Waals surface area contributed by atoms with Crippen LogP contribution >= 0.6 is 0 Å². The van der Waals surface area contributed by atoms with Crippen LogP contribution in [0.25, 0.3) is 0 Å². The van der Waals surface area contributed by atoms with Crippen molar-refractivity contribution in [2.24, 2.45) is 10.9 Å². The molecule has 0 saturated heterocycles. The predicted octanol–water partition coefficient (Wildman–Crippen LogP) is 3.13. The van der Waals surface area contributed by atoms with E-state index in [1.54, 1.807) is 6.34 Å². The molecule has 2 heterocycles. The molecule has 168 valence electrons. The Balaban J connectivity index is 1.16. The van der Waals surface area contributed by atoms with E-state index in [4.69, 9.17) is 4.98 Å². The molecule has 0 spiro atoms. The molecule has 9 nitrogen and oxygen atoms in total. The Morgan fingerprint density at radius 2 is 1.97 bits per heavy atom. The van der Waals surface area contributed by atoms with Crippen molar-refractivity contribution in [1.82, 2.24) is 20.7 Å². The first kappa shape index (κ1) is 20.7. The molecule has 32 heavy (non-hydrogen) atoms. The second-order valence-electron chi connectivity index (χ2n) is 8.63. The van der Waals surface area contributed by atoms with Gasteiger partial charge in [-0.2, -0.15) is 4.98 Å². The van der Waals surface area contributed by atoms with Gasteiger partial charge in [-0.1, -0.05) is 6.42 Å². The Labute approximate surface area is 188 Å². The van der Waals surface area contributed by atoms with Crippen LogP contribution in [0.1, 0.15) is 50.0 Å². The summed E-state index contributed by atoms with van der Waals surface area (Å²) < 4.78 is 0. The molecule has 2 aliphatic carbocycles. The largest absolute Gasteiger partial charge is 0.370 e. The lowest BCUT2D eigenvalue weighted by Gasteiger charge is -2.24. The van der Waals surface area contributed by atoms with Gasteiger partial charge < -0.3 is 16.0 Å². The number of amides is 1. The number of aliphatic imine (C=N–C) groups is 1. The SMILES string of the molecule is O=C(NCCCNc1nc(Nc2ccc(N3C=NCN3)cc2)ncc1C1CC1)C1CCC1. The number of hydrogen-bond acceptors (Lipinski definition) is 8. The van der Waals surface area contributed by atoms with E-state index in [1.165, 1.54) is 24.8 Å². The molecular weight excluding hydrogens is 404 g/mol. The van der Waals surface area contributed by atoms with Gasteiger partial charge in [-0.25, -0.2) is 10.4 Å². The fourth-order valence-electron chi connectivity index (χ4n) is 3.88. The number of nitrogens with one attached hydrogen (secondary N) is 4. The van der Waals surface area contributed by atoms with E-state index in [0.29, 0.717) is 25.1 Å². The van der Waals surface area contributed by atoms with Crippen LogP contribution in [0.15, 0.2) is 35.5 Å². The Bertz CT molecular complexity index is 968. The third-order valence-electron chi connectivity index (χ3n) is 6.19. The highest BCUT2D eigenvalue weighted by Crippen LogP contribution is 2.42. The molecule has 1 aromatic heterocycles. The fraction of sp³-hybridized carbons (Fsp3) is 0.478. The molecule has 1 aromatic carbocycles. The van der Waals surface area contributed by atoms with Crippen molar-refractivity contribution in [1.29, 1.82) is 0 Å². The third-order valence-corrected chi connectivity index (χ3v) is 6.19. The second-order valence-corrected chi connectivity index (χ2v) is 8.63. The van der Waals surface area contributed by atoms with Gasteiger partial charge in [0.2, 0.25) is 11.9 Å². The summed E-state index contributed by atoms with van der Waals surface area (Å²) in [4.78, 5) is 25.4. The van der Waals surface area contributed by atoms with Gasteiger partial charge in [0.05, 0.1) is 5.69 Å². The standard InChI is InChI=1S/C23H30N8O/c32-22(17-3-1-4-17)26-12-2-11-25-21-20(16-5-6-16)13-27-23(30-21)29-18-7-9-19(10-8-18)31-15-24-14-28-31/h7-10,13,15-17,28H,1-6,11-12,14H2,(H,26,32)(H2,25,27,29,30). The van der Waals surface area contributed by atoms with Crippen LogP contribution in [0.3, 0.4) is 0 Å². The zero-order valence-corrected chi connectivity index (χ0v) is 18.2. The number of rotatable bonds is 10. The molecule has 2 aromatic rings. The zero-order valence-electron chi connectivity index (χ0n) is 18.2. The maximum absolute atomic E-state index is 12.0. The van der Waals surface area contributed by atoms with Crippen molar-refractivity contribution >= 4 is 35.4 Å². The van der Waals surface area contributed by atoms with Gasteiger partial charge in [-0.15, -0.1) is 0 Å². The summed E-state index contributed by atoms with van der Waals surface area (Å²) in [5.74, 6) is 2.47. The lowest BCUT2D eigenvalue weighted by atomic mass is 9.85. The van der Waals surface area contributed by atoms with Crippen molar-refractivity contribution in [2.45, 2.75) is 44.4 Å². The number of carbonyl (C=O) groups is 1. The van der Waals surface area contributed by atoms with Crippen LogP contribution in [0.5, 0.6) is 0 Å². The molecule has 2 saturated carbocycles. The first-order chi connectivity index (χ1) is 15.8. The van der Waals surface area contributed by atoms with E-state index in [0.717, 1.165) is 43.0 Å². The molecule has 1 aliphatic heterocycles. The quantitative estimate of drug-likeness (QED) is 0.426. The summed E-state index contributed by atoms with van der Waals surface area (Å²) in [5, 5.41) is 11.7. The van der Waals surface area contributed by atoms with Gasteiger partial charge >= 0.3 is 0 Å². The van der Waals surface area contributed by atoms with E-state index in [1.807, 2.05) is 35.5 Å². The monoisotopic (exact) mass is 434 g/mol. The minimum absolute atomic E-state index is 0.210. The van der Waals surface area contributed by atoms with E-state index in [2.05, 4.69) is 31.4 Å². The lowest BCUT2D eigenvalue weighted by Crippen LogP contribution is -2.35. The minimum atomic E-state index is 0.210. The van der Waals surface area contributed by atoms with Crippen LogP contribution in [0, 0.1) is 5.92 Å². The van der Waals surface area contributed by atoms with Gasteiger partial charge in [-0.3, -0.25) is 14.8 Å². The fourth-order valence-corrected chi connectivity index (χ4v) is 3.88. The van der Waals surface area contributed by atoms with Crippen molar-refractivity contribution < 1.29 is 4.79 Å². The summed E-state index contributed by atoms with van der Waals surface area (Å²) in [5.41, 5.74) is 6.28. The first-order valence-electron chi connectivity index (χ1n) is 11.5. The van der Waals surface area contributed by atoms with Gasteiger partial charge in [0.1, 0.15) is 18.8 Å². The summed E-state index contributed by atoms with van der Waals surface area (Å²) in [6.45, 7) is 2.06. The van der Waals surface area contributed by atoms with Crippen LogP contribution < -0.4 is 26.4 Å². The van der Waals surface area contributed by atoms with Crippen LogP contribution in [-0.4, -0.2) is 42.0 Å². The molecule has 5 rings (SSSR count). The highest BCUT2D eigenvalue weighted by molar-refractivity contribution is 5.80. The summed E-state index contributed by atoms with van der Waals surface area (Å²) in [6.07, 6.45) is 10.2. The van der Waals surface area contributed by atoms with Crippen molar-refractivity contribution in [2.75, 3.05) is 35.4 Å². The van der Waals surface area contributed by atoms with Crippen molar-refractivity contribution in [3.05, 3.63) is 36.0 Å². The van der Waals surface area contributed by atoms with E-state index >= 15 is 0 Å². The normalized spacial score (nSPS) is 17.8. The summed E-state index contributed by atoms with van der Waals surface area (Å²) >= 11 is 0. The van der Waals surface area contributed by atoms with E-state index in [-0.39, 0.29) is 11.8 Å². The van der Waals surface area contributed by atoms with Gasteiger partial charge in [-0.05, 0) is 62.3 Å². The van der Waals surface area contributed by atoms with Crippen LogP contribution in [0.4, 0.5) is 23.1 Å². The molecule has 0 atom stereocenters. The average Bonchev–Trinajstić information content (AvgIpc) is 3.46. The molecule has 0 bridgehead atoms. The molecule has 4 N–H and O–H groups in total. The Kier molecular flexibility index (Phi) is 6.15. The van der Waals surface area contributed by atoms with Crippen LogP contribution in [0.2, 0.25) is 0 Å². The second kappa shape index (κ2) is 9.52. The molecular formula is C23H30N8O. The first-order valence-corrected chi connectivity index (χ1v) is 11.5. The van der Waals surface area contributed by atoms with Gasteiger partial charge in [0.25, 0.3) is 0 Å². The molecule has 2 fully saturated rings. The average molecular weight is 435 g/mol. The molecule has 0 radical (unpaired) electrons. The summed E-state index contributed by atoms with van der Waals surface area (Å²) in [6, 6.07) is 8.03. The molecule has 9 heteroatoms. The number of benzene rings is 1.